The molecule has 3 N–H and O–H groups in total. The highest BCUT2D eigenvalue weighted by molar-refractivity contribution is 7.99. The summed E-state index contributed by atoms with van der Waals surface area (Å²) in [5, 5.41) is 3.42. The van der Waals surface area contributed by atoms with E-state index in [1.165, 1.54) is 0 Å². The molecule has 14 heavy (non-hydrogen) atoms. The molecule has 84 valence electrons. The zero-order chi connectivity index (χ0) is 10.8. The molecule has 0 aliphatic rings. The van der Waals surface area contributed by atoms with E-state index in [4.69, 9.17) is 5.73 Å². The van der Waals surface area contributed by atoms with E-state index in [9.17, 15) is 4.79 Å². The van der Waals surface area contributed by atoms with Gasteiger partial charge in [0.2, 0.25) is 5.91 Å². The molecule has 1 unspecified atom stereocenters. The van der Waals surface area contributed by atoms with Crippen LogP contribution in [0.2, 0.25) is 0 Å². The average Bonchev–Trinajstić information content (AvgIpc) is 2.21. The van der Waals surface area contributed by atoms with Crippen molar-refractivity contribution in [2.24, 2.45) is 5.73 Å². The predicted octanol–water partition coefficient (Wildman–Crippen LogP) is 1.37. The number of rotatable bonds is 8. The molecule has 0 rings (SSSR count). The molecule has 0 spiro atoms. The third-order valence-electron chi connectivity index (χ3n) is 2.10. The van der Waals surface area contributed by atoms with Crippen LogP contribution in [0.15, 0.2) is 0 Å². The number of carbonyl (C=O) groups excluding carboxylic acids is 1. The Morgan fingerprint density at radius 1 is 1.43 bits per heavy atom. The highest BCUT2D eigenvalue weighted by Crippen LogP contribution is 2.03. The number of hydrogen-bond acceptors (Lipinski definition) is 3. The van der Waals surface area contributed by atoms with Gasteiger partial charge in [0, 0.05) is 18.2 Å². The Morgan fingerprint density at radius 3 is 2.71 bits per heavy atom. The summed E-state index contributed by atoms with van der Waals surface area (Å²) >= 11 is 1.77. The average molecular weight is 218 g/mol. The molecular weight excluding hydrogens is 196 g/mol. The van der Waals surface area contributed by atoms with Gasteiger partial charge in [0.15, 0.2) is 0 Å². The molecule has 0 saturated carbocycles. The number of amides is 1. The fourth-order valence-corrected chi connectivity index (χ4v) is 1.29. The number of unbranched alkanes of at least 4 members (excludes halogenated alkanes) is 2. The number of nitrogens with two attached hydrogens (primary N) is 1. The van der Waals surface area contributed by atoms with Crippen LogP contribution in [-0.2, 0) is 4.79 Å². The Morgan fingerprint density at radius 2 is 2.14 bits per heavy atom. The van der Waals surface area contributed by atoms with Gasteiger partial charge in [-0.15, -0.1) is 0 Å². The Bertz CT molecular complexity index is 153. The summed E-state index contributed by atoms with van der Waals surface area (Å²) in [5.74, 6) is 0.169. The van der Waals surface area contributed by atoms with Gasteiger partial charge in [-0.2, -0.15) is 11.8 Å². The van der Waals surface area contributed by atoms with Crippen molar-refractivity contribution >= 4 is 17.7 Å². The topological polar surface area (TPSA) is 55.1 Å². The minimum atomic E-state index is 0.169. The lowest BCUT2D eigenvalue weighted by molar-refractivity contribution is -0.121. The van der Waals surface area contributed by atoms with Crippen LogP contribution in [0, 0.1) is 0 Å². The van der Waals surface area contributed by atoms with Crippen LogP contribution >= 0.6 is 11.8 Å². The van der Waals surface area contributed by atoms with Crippen LogP contribution in [0.25, 0.3) is 0 Å². The van der Waals surface area contributed by atoms with E-state index in [-0.39, 0.29) is 5.91 Å². The zero-order valence-electron chi connectivity index (χ0n) is 9.21. The smallest absolute Gasteiger partial charge is 0.220 e. The van der Waals surface area contributed by atoms with Crippen molar-refractivity contribution in [3.63, 3.8) is 0 Å². The van der Waals surface area contributed by atoms with E-state index in [1.807, 2.05) is 0 Å². The van der Waals surface area contributed by atoms with Crippen molar-refractivity contribution in [1.82, 2.24) is 5.32 Å². The second-order valence-corrected chi connectivity index (χ2v) is 4.73. The molecule has 0 aromatic heterocycles. The lowest BCUT2D eigenvalue weighted by Gasteiger charge is -2.09. The fourth-order valence-electron chi connectivity index (χ4n) is 1.04. The first-order valence-electron chi connectivity index (χ1n) is 5.20. The molecule has 0 fully saturated rings. The highest BCUT2D eigenvalue weighted by atomic mass is 32.2. The van der Waals surface area contributed by atoms with Crippen LogP contribution < -0.4 is 11.1 Å². The molecular formula is C10H22N2OS. The van der Waals surface area contributed by atoms with Crippen molar-refractivity contribution in [2.45, 2.75) is 37.9 Å². The van der Waals surface area contributed by atoms with Gasteiger partial charge in [0.05, 0.1) is 0 Å². The Kier molecular flexibility index (Phi) is 9.19. The molecule has 1 amide bonds. The van der Waals surface area contributed by atoms with Gasteiger partial charge in [-0.1, -0.05) is 13.3 Å². The predicted molar refractivity (Wildman–Crippen MR) is 63.5 cm³/mol. The minimum Gasteiger partial charge on any atom is -0.355 e. The minimum absolute atomic E-state index is 0.169. The summed E-state index contributed by atoms with van der Waals surface area (Å²) in [4.78, 5) is 11.3. The lowest BCUT2D eigenvalue weighted by Crippen LogP contribution is -2.29. The largest absolute Gasteiger partial charge is 0.355 e. The van der Waals surface area contributed by atoms with E-state index >= 15 is 0 Å². The maximum atomic E-state index is 11.3. The zero-order valence-corrected chi connectivity index (χ0v) is 10.0. The molecule has 0 aromatic carbocycles. The second-order valence-electron chi connectivity index (χ2n) is 3.45. The van der Waals surface area contributed by atoms with Gasteiger partial charge in [0.25, 0.3) is 0 Å². The summed E-state index contributed by atoms with van der Waals surface area (Å²) < 4.78 is 0. The highest BCUT2D eigenvalue weighted by Gasteiger charge is 2.03. The van der Waals surface area contributed by atoms with Gasteiger partial charge < -0.3 is 11.1 Å². The van der Waals surface area contributed by atoms with Gasteiger partial charge >= 0.3 is 0 Å². The summed E-state index contributed by atoms with van der Waals surface area (Å²) in [7, 11) is 0. The molecule has 1 atom stereocenters. The quantitative estimate of drug-likeness (QED) is 0.605. The van der Waals surface area contributed by atoms with Crippen molar-refractivity contribution in [2.75, 3.05) is 19.3 Å². The molecule has 0 aliphatic heterocycles. The molecule has 0 heterocycles. The van der Waals surface area contributed by atoms with Crippen LogP contribution in [0.3, 0.4) is 0 Å². The number of thioether (sulfide) groups is 1. The van der Waals surface area contributed by atoms with E-state index in [0.717, 1.165) is 32.4 Å². The Labute approximate surface area is 91.2 Å². The van der Waals surface area contributed by atoms with Crippen molar-refractivity contribution < 1.29 is 4.79 Å². The fraction of sp³-hybridized carbons (Fsp3) is 0.900. The SMILES string of the molecule is CSC(C)CNC(=O)CCCCCN. The third kappa shape index (κ3) is 8.38. The van der Waals surface area contributed by atoms with Gasteiger partial charge in [0.1, 0.15) is 0 Å². The van der Waals surface area contributed by atoms with Gasteiger partial charge in [-0.25, -0.2) is 0 Å². The maximum Gasteiger partial charge on any atom is 0.220 e. The lowest BCUT2D eigenvalue weighted by atomic mass is 10.2. The van der Waals surface area contributed by atoms with Crippen molar-refractivity contribution in [3.05, 3.63) is 0 Å². The summed E-state index contributed by atoms with van der Waals surface area (Å²) in [6.07, 6.45) is 5.73. The van der Waals surface area contributed by atoms with E-state index in [1.54, 1.807) is 11.8 Å². The summed E-state index contributed by atoms with van der Waals surface area (Å²) in [6, 6.07) is 0. The van der Waals surface area contributed by atoms with E-state index in [2.05, 4.69) is 18.5 Å². The van der Waals surface area contributed by atoms with Gasteiger partial charge in [-0.05, 0) is 25.6 Å². The second kappa shape index (κ2) is 9.34. The molecule has 3 nitrogen and oxygen atoms in total. The molecule has 0 radical (unpaired) electrons. The normalized spacial score (nSPS) is 12.5. The molecule has 0 aromatic rings. The number of nitrogens with one attached hydrogen (secondary N) is 1. The Hall–Kier alpha value is -0.220. The van der Waals surface area contributed by atoms with Crippen LogP contribution in [0.4, 0.5) is 0 Å². The van der Waals surface area contributed by atoms with E-state index < -0.39 is 0 Å². The monoisotopic (exact) mass is 218 g/mol. The Balaban J connectivity index is 3.28. The van der Waals surface area contributed by atoms with Crippen molar-refractivity contribution in [3.8, 4) is 0 Å². The number of hydrogen-bond donors (Lipinski definition) is 2. The first-order chi connectivity index (χ1) is 6.70. The maximum absolute atomic E-state index is 11.3. The summed E-state index contributed by atoms with van der Waals surface area (Å²) in [6.45, 7) is 3.61. The van der Waals surface area contributed by atoms with Gasteiger partial charge in [-0.3, -0.25) is 4.79 Å². The standard InChI is InChI=1S/C10H22N2OS/c1-9(14-2)8-12-10(13)6-4-3-5-7-11/h9H,3-8,11H2,1-2H3,(H,12,13). The van der Waals surface area contributed by atoms with Crippen LogP contribution in [0.1, 0.15) is 32.6 Å². The molecule has 4 heteroatoms. The molecule has 0 saturated heterocycles. The first-order valence-corrected chi connectivity index (χ1v) is 6.49. The van der Waals surface area contributed by atoms with E-state index in [0.29, 0.717) is 11.7 Å². The molecule has 0 bridgehead atoms. The van der Waals surface area contributed by atoms with Crippen molar-refractivity contribution in [1.29, 1.82) is 0 Å². The first kappa shape index (κ1) is 13.8. The third-order valence-corrected chi connectivity index (χ3v) is 3.07. The van der Waals surface area contributed by atoms with Crippen LogP contribution in [-0.4, -0.2) is 30.5 Å². The number of carbonyl (C=O) groups is 1. The molecule has 0 aliphatic carbocycles. The van der Waals surface area contributed by atoms with Crippen LogP contribution in [0.5, 0.6) is 0 Å². The summed E-state index contributed by atoms with van der Waals surface area (Å²) in [5.41, 5.74) is 5.36.